The van der Waals surface area contributed by atoms with Crippen LogP contribution in [0.2, 0.25) is 5.02 Å². The first-order chi connectivity index (χ1) is 12.0. The molecule has 2 N–H and O–H groups in total. The smallest absolute Gasteiger partial charge is 0.387 e. The van der Waals surface area contributed by atoms with Crippen molar-refractivity contribution < 1.29 is 18.0 Å². The van der Waals surface area contributed by atoms with E-state index < -0.39 is 6.61 Å². The number of aryl methyl sites for hydroxylation is 1. The Morgan fingerprint density at radius 1 is 1.40 bits per heavy atom. The van der Waals surface area contributed by atoms with Crippen molar-refractivity contribution in [3.05, 3.63) is 40.5 Å². The molecular formula is C15H18ClF2N5O2. The molecule has 0 aliphatic heterocycles. The van der Waals surface area contributed by atoms with E-state index in [1.165, 1.54) is 18.2 Å². The highest BCUT2D eigenvalue weighted by molar-refractivity contribution is 6.30. The minimum Gasteiger partial charge on any atom is -0.434 e. The van der Waals surface area contributed by atoms with Gasteiger partial charge in [0.1, 0.15) is 5.75 Å². The molecule has 10 heteroatoms. The van der Waals surface area contributed by atoms with E-state index in [2.05, 4.69) is 30.5 Å². The van der Waals surface area contributed by atoms with Gasteiger partial charge in [0.25, 0.3) is 0 Å². The Labute approximate surface area is 148 Å². The summed E-state index contributed by atoms with van der Waals surface area (Å²) in [5, 5.41) is 10.2. The van der Waals surface area contributed by atoms with E-state index in [1.54, 1.807) is 6.92 Å². The first-order valence-electron chi connectivity index (χ1n) is 7.52. The summed E-state index contributed by atoms with van der Waals surface area (Å²) in [6.45, 7) is 1.70. The molecule has 0 fully saturated rings. The summed E-state index contributed by atoms with van der Waals surface area (Å²) in [5.41, 5.74) is 0.445. The van der Waals surface area contributed by atoms with Gasteiger partial charge in [0.2, 0.25) is 5.89 Å². The normalized spacial score (nSPS) is 11.7. The Morgan fingerprint density at radius 3 is 2.84 bits per heavy atom. The molecule has 1 aromatic carbocycles. The average molecular weight is 374 g/mol. The van der Waals surface area contributed by atoms with Crippen LogP contribution < -0.4 is 15.4 Å². The fourth-order valence-corrected chi connectivity index (χ4v) is 2.16. The zero-order valence-electron chi connectivity index (χ0n) is 13.7. The average Bonchev–Trinajstić information content (AvgIpc) is 2.97. The van der Waals surface area contributed by atoms with Crippen LogP contribution in [0.1, 0.15) is 24.2 Å². The van der Waals surface area contributed by atoms with Gasteiger partial charge in [0.15, 0.2) is 11.8 Å². The van der Waals surface area contributed by atoms with E-state index in [-0.39, 0.29) is 12.3 Å². The molecule has 136 valence electrons. The maximum atomic E-state index is 12.5. The predicted molar refractivity (Wildman–Crippen MR) is 88.8 cm³/mol. The maximum absolute atomic E-state index is 12.5. The van der Waals surface area contributed by atoms with E-state index >= 15 is 0 Å². The molecule has 1 aromatic heterocycles. The molecule has 1 heterocycles. The number of aromatic nitrogens is 2. The van der Waals surface area contributed by atoms with Crippen LogP contribution >= 0.6 is 11.6 Å². The minimum absolute atomic E-state index is 0.0350. The van der Waals surface area contributed by atoms with E-state index in [9.17, 15) is 8.78 Å². The number of guanidine groups is 1. The number of hydrogen-bond acceptors (Lipinski definition) is 5. The van der Waals surface area contributed by atoms with Crippen LogP contribution in [0.5, 0.6) is 5.75 Å². The SMILES string of the molecule is CCNC(=NCc1cc(Cl)ccc1OC(F)F)NCc1noc(C)n1. The van der Waals surface area contributed by atoms with Crippen LogP contribution in [0.4, 0.5) is 8.78 Å². The molecule has 0 saturated heterocycles. The zero-order chi connectivity index (χ0) is 18.2. The summed E-state index contributed by atoms with van der Waals surface area (Å²) in [4.78, 5) is 8.41. The van der Waals surface area contributed by atoms with E-state index in [0.717, 1.165) is 0 Å². The number of aliphatic imine (C=N–C) groups is 1. The Kier molecular flexibility index (Phi) is 6.93. The van der Waals surface area contributed by atoms with Crippen molar-refractivity contribution in [3.8, 4) is 5.75 Å². The lowest BCUT2D eigenvalue weighted by Gasteiger charge is -2.12. The third-order valence-corrected chi connectivity index (χ3v) is 3.21. The van der Waals surface area contributed by atoms with Gasteiger partial charge in [-0.25, -0.2) is 4.99 Å². The predicted octanol–water partition coefficient (Wildman–Crippen LogP) is 2.89. The lowest BCUT2D eigenvalue weighted by Crippen LogP contribution is -2.37. The molecule has 0 unspecified atom stereocenters. The van der Waals surface area contributed by atoms with Gasteiger partial charge in [-0.1, -0.05) is 16.8 Å². The van der Waals surface area contributed by atoms with Crippen molar-refractivity contribution in [1.82, 2.24) is 20.8 Å². The molecule has 0 spiro atoms. The third kappa shape index (κ3) is 6.18. The molecule has 0 amide bonds. The quantitative estimate of drug-likeness (QED) is 0.573. The van der Waals surface area contributed by atoms with Crippen LogP contribution in [0.3, 0.4) is 0 Å². The molecule has 25 heavy (non-hydrogen) atoms. The van der Waals surface area contributed by atoms with Crippen molar-refractivity contribution in [3.63, 3.8) is 0 Å². The summed E-state index contributed by atoms with van der Waals surface area (Å²) in [7, 11) is 0. The lowest BCUT2D eigenvalue weighted by molar-refractivity contribution is -0.0504. The second-order valence-corrected chi connectivity index (χ2v) is 5.35. The number of ether oxygens (including phenoxy) is 1. The van der Waals surface area contributed by atoms with Gasteiger partial charge in [-0.2, -0.15) is 13.8 Å². The maximum Gasteiger partial charge on any atom is 0.387 e. The van der Waals surface area contributed by atoms with Gasteiger partial charge in [0.05, 0.1) is 13.1 Å². The van der Waals surface area contributed by atoms with Gasteiger partial charge in [-0.15, -0.1) is 0 Å². The largest absolute Gasteiger partial charge is 0.434 e. The Bertz CT molecular complexity index is 724. The summed E-state index contributed by atoms with van der Waals surface area (Å²) in [6, 6.07) is 4.41. The Morgan fingerprint density at radius 2 is 2.20 bits per heavy atom. The van der Waals surface area contributed by atoms with Crippen molar-refractivity contribution in [2.75, 3.05) is 6.54 Å². The summed E-state index contributed by atoms with van der Waals surface area (Å²) >= 11 is 5.92. The van der Waals surface area contributed by atoms with Crippen molar-refractivity contribution in [2.45, 2.75) is 33.5 Å². The fourth-order valence-electron chi connectivity index (χ4n) is 1.96. The van der Waals surface area contributed by atoms with Crippen molar-refractivity contribution in [2.24, 2.45) is 4.99 Å². The van der Waals surface area contributed by atoms with E-state index in [4.69, 9.17) is 16.1 Å². The van der Waals surface area contributed by atoms with Crippen molar-refractivity contribution in [1.29, 1.82) is 0 Å². The second kappa shape index (κ2) is 9.16. The molecule has 0 atom stereocenters. The van der Waals surface area contributed by atoms with Crippen LogP contribution in [0.25, 0.3) is 0 Å². The fraction of sp³-hybridized carbons (Fsp3) is 0.400. The molecule has 2 aromatic rings. The molecule has 0 aliphatic rings. The Balaban J connectivity index is 2.08. The van der Waals surface area contributed by atoms with Crippen molar-refractivity contribution >= 4 is 17.6 Å². The highest BCUT2D eigenvalue weighted by Crippen LogP contribution is 2.25. The number of alkyl halides is 2. The second-order valence-electron chi connectivity index (χ2n) is 4.91. The summed E-state index contributed by atoms with van der Waals surface area (Å²) < 4.78 is 34.4. The number of hydrogen-bond donors (Lipinski definition) is 2. The summed E-state index contributed by atoms with van der Waals surface area (Å²) in [6.07, 6.45) is 0. The minimum atomic E-state index is -2.92. The van der Waals surface area contributed by atoms with Gasteiger partial charge in [-0.3, -0.25) is 0 Å². The van der Waals surface area contributed by atoms with Crippen LogP contribution in [0, 0.1) is 6.92 Å². The van der Waals surface area contributed by atoms with Crippen LogP contribution in [-0.2, 0) is 13.1 Å². The van der Waals surface area contributed by atoms with Gasteiger partial charge in [-0.05, 0) is 25.1 Å². The highest BCUT2D eigenvalue weighted by atomic mass is 35.5. The molecule has 0 aliphatic carbocycles. The number of nitrogens with zero attached hydrogens (tertiary/aromatic N) is 3. The van der Waals surface area contributed by atoms with Crippen LogP contribution in [0.15, 0.2) is 27.7 Å². The lowest BCUT2D eigenvalue weighted by atomic mass is 10.2. The van der Waals surface area contributed by atoms with Gasteiger partial charge < -0.3 is 19.9 Å². The molecule has 0 bridgehead atoms. The summed E-state index contributed by atoms with van der Waals surface area (Å²) in [5.74, 6) is 1.44. The molecule has 2 rings (SSSR count). The number of rotatable bonds is 7. The highest BCUT2D eigenvalue weighted by Gasteiger charge is 2.11. The molecular weight excluding hydrogens is 356 g/mol. The zero-order valence-corrected chi connectivity index (χ0v) is 14.5. The van der Waals surface area contributed by atoms with Gasteiger partial charge >= 0.3 is 6.61 Å². The van der Waals surface area contributed by atoms with E-state index in [1.807, 2.05) is 6.92 Å². The topological polar surface area (TPSA) is 84.6 Å². The number of halogens is 3. The third-order valence-electron chi connectivity index (χ3n) is 2.97. The number of benzene rings is 1. The first kappa shape index (κ1) is 18.9. The standard InChI is InChI=1S/C15H18ClF2N5O2/c1-3-19-15(21-8-13-22-9(2)25-23-13)20-7-10-6-11(16)4-5-12(10)24-14(17)18/h4-6,14H,3,7-8H2,1-2H3,(H2,19,20,21). The van der Waals surface area contributed by atoms with Crippen LogP contribution in [-0.4, -0.2) is 29.3 Å². The molecule has 0 radical (unpaired) electrons. The molecule has 0 saturated carbocycles. The van der Waals surface area contributed by atoms with Gasteiger partial charge in [0, 0.05) is 24.1 Å². The molecule has 7 nitrogen and oxygen atoms in total. The first-order valence-corrected chi connectivity index (χ1v) is 7.90. The number of nitrogens with one attached hydrogen (secondary N) is 2. The van der Waals surface area contributed by atoms with E-state index in [0.29, 0.717) is 41.4 Å². The Hall–Kier alpha value is -2.42. The monoisotopic (exact) mass is 373 g/mol.